The Kier molecular flexibility index (Phi) is 6.53. The lowest BCUT2D eigenvalue weighted by atomic mass is 9.87. The van der Waals surface area contributed by atoms with Gasteiger partial charge in [0.1, 0.15) is 0 Å². The van der Waals surface area contributed by atoms with Crippen LogP contribution in [-0.2, 0) is 11.3 Å². The minimum absolute atomic E-state index is 0.0457. The molecule has 0 bridgehead atoms. The molecule has 148 valence electrons. The fourth-order valence-electron chi connectivity index (χ4n) is 3.82. The van der Waals surface area contributed by atoms with Crippen molar-refractivity contribution in [1.29, 1.82) is 0 Å². The standard InChI is InChI=1S/C24H31N3O/c1-5-27-17-22(20-11-6-7-12-23(20)27)21(19-10-8-9-18(2)15-19)16-24(28)25-13-14-26(3)4/h6-12,15,17,21H,5,13-14,16H2,1-4H3,(H,25,28)/p+1/t21-/m1/s1. The first kappa shape index (κ1) is 20.2. The predicted molar refractivity (Wildman–Crippen MR) is 116 cm³/mol. The minimum Gasteiger partial charge on any atom is -0.350 e. The van der Waals surface area contributed by atoms with Gasteiger partial charge in [0, 0.05) is 36.0 Å². The molecule has 0 saturated heterocycles. The van der Waals surface area contributed by atoms with Crippen molar-refractivity contribution >= 4 is 16.8 Å². The first-order valence-corrected chi connectivity index (χ1v) is 10.2. The number of hydrogen-bond acceptors (Lipinski definition) is 1. The van der Waals surface area contributed by atoms with E-state index in [2.05, 4.69) is 92.6 Å². The lowest BCUT2D eigenvalue weighted by molar-refractivity contribution is -0.856. The quantitative estimate of drug-likeness (QED) is 0.622. The highest BCUT2D eigenvalue weighted by atomic mass is 16.1. The highest BCUT2D eigenvalue weighted by Crippen LogP contribution is 2.35. The number of likely N-dealkylation sites (N-methyl/N-ethyl adjacent to an activating group) is 1. The maximum absolute atomic E-state index is 12.8. The first-order valence-electron chi connectivity index (χ1n) is 10.2. The van der Waals surface area contributed by atoms with E-state index in [0.717, 1.165) is 13.1 Å². The number of aromatic nitrogens is 1. The van der Waals surface area contributed by atoms with Gasteiger partial charge in [-0.05, 0) is 31.0 Å². The number of carbonyl (C=O) groups excluding carboxylic acids is 1. The smallest absolute Gasteiger partial charge is 0.221 e. The van der Waals surface area contributed by atoms with Crippen LogP contribution in [-0.4, -0.2) is 37.7 Å². The van der Waals surface area contributed by atoms with E-state index in [1.807, 2.05) is 0 Å². The Hall–Kier alpha value is -2.59. The van der Waals surface area contributed by atoms with Gasteiger partial charge in [-0.1, -0.05) is 48.0 Å². The molecule has 0 aliphatic rings. The number of para-hydroxylation sites is 1. The Labute approximate surface area is 168 Å². The predicted octanol–water partition coefficient (Wildman–Crippen LogP) is 2.75. The molecule has 0 aliphatic carbocycles. The Bertz CT molecular complexity index is 942. The SMILES string of the molecule is CCn1cc([C@H](CC(=O)NCC[NH+](C)C)c2cccc(C)c2)c2ccccc21. The van der Waals surface area contributed by atoms with Gasteiger partial charge in [-0.2, -0.15) is 0 Å². The average Bonchev–Trinajstić information content (AvgIpc) is 3.04. The largest absolute Gasteiger partial charge is 0.350 e. The van der Waals surface area contributed by atoms with Crippen molar-refractivity contribution in [2.75, 3.05) is 27.2 Å². The fourth-order valence-corrected chi connectivity index (χ4v) is 3.82. The summed E-state index contributed by atoms with van der Waals surface area (Å²) in [7, 11) is 4.20. The van der Waals surface area contributed by atoms with Crippen LogP contribution in [0.5, 0.6) is 0 Å². The van der Waals surface area contributed by atoms with Crippen LogP contribution < -0.4 is 10.2 Å². The molecule has 0 unspecified atom stereocenters. The number of benzene rings is 2. The van der Waals surface area contributed by atoms with E-state index < -0.39 is 0 Å². The molecule has 2 N–H and O–H groups in total. The van der Waals surface area contributed by atoms with Crippen molar-refractivity contribution in [3.8, 4) is 0 Å². The van der Waals surface area contributed by atoms with Gasteiger partial charge in [0.05, 0.1) is 27.2 Å². The van der Waals surface area contributed by atoms with Crippen molar-refractivity contribution in [1.82, 2.24) is 9.88 Å². The van der Waals surface area contributed by atoms with Crippen molar-refractivity contribution < 1.29 is 9.69 Å². The summed E-state index contributed by atoms with van der Waals surface area (Å²) in [6.07, 6.45) is 2.69. The number of aryl methyl sites for hydroxylation is 2. The molecule has 3 rings (SSSR count). The van der Waals surface area contributed by atoms with E-state index in [4.69, 9.17) is 0 Å². The molecule has 3 aromatic rings. The number of carbonyl (C=O) groups is 1. The van der Waals surface area contributed by atoms with Gasteiger partial charge in [-0.3, -0.25) is 4.79 Å². The average molecular weight is 379 g/mol. The molecule has 4 heteroatoms. The van der Waals surface area contributed by atoms with Crippen LogP contribution >= 0.6 is 0 Å². The van der Waals surface area contributed by atoms with E-state index in [1.165, 1.54) is 32.5 Å². The summed E-state index contributed by atoms with van der Waals surface area (Å²) < 4.78 is 2.28. The van der Waals surface area contributed by atoms with E-state index >= 15 is 0 Å². The van der Waals surface area contributed by atoms with Crippen LogP contribution in [0.15, 0.2) is 54.7 Å². The third-order valence-electron chi connectivity index (χ3n) is 5.32. The molecule has 1 amide bonds. The Morgan fingerprint density at radius 1 is 1.14 bits per heavy atom. The van der Waals surface area contributed by atoms with Gasteiger partial charge < -0.3 is 14.8 Å². The molecular formula is C24H32N3O+. The summed E-state index contributed by atoms with van der Waals surface area (Å²) in [5.41, 5.74) is 4.89. The summed E-state index contributed by atoms with van der Waals surface area (Å²) in [4.78, 5) is 14.1. The molecule has 2 aromatic carbocycles. The second-order valence-corrected chi connectivity index (χ2v) is 7.87. The lowest BCUT2D eigenvalue weighted by Gasteiger charge is -2.18. The molecule has 0 saturated carbocycles. The van der Waals surface area contributed by atoms with Crippen LogP contribution in [0.1, 0.15) is 36.0 Å². The van der Waals surface area contributed by atoms with Crippen molar-refractivity contribution in [3.63, 3.8) is 0 Å². The summed E-state index contributed by atoms with van der Waals surface area (Å²) in [6, 6.07) is 17.0. The number of nitrogens with zero attached hydrogens (tertiary/aromatic N) is 1. The molecule has 0 spiro atoms. The number of quaternary nitrogens is 1. The molecule has 1 atom stereocenters. The van der Waals surface area contributed by atoms with E-state index in [0.29, 0.717) is 13.0 Å². The van der Waals surface area contributed by atoms with E-state index in [9.17, 15) is 4.79 Å². The van der Waals surface area contributed by atoms with Gasteiger partial charge >= 0.3 is 0 Å². The topological polar surface area (TPSA) is 38.5 Å². The monoisotopic (exact) mass is 378 g/mol. The normalized spacial score (nSPS) is 12.5. The number of rotatable bonds is 8. The highest BCUT2D eigenvalue weighted by Gasteiger charge is 2.22. The van der Waals surface area contributed by atoms with E-state index in [1.54, 1.807) is 0 Å². The summed E-state index contributed by atoms with van der Waals surface area (Å²) in [5, 5.41) is 4.34. The van der Waals surface area contributed by atoms with Gasteiger partial charge in [-0.25, -0.2) is 0 Å². The molecule has 4 nitrogen and oxygen atoms in total. The third-order valence-corrected chi connectivity index (χ3v) is 5.32. The summed E-state index contributed by atoms with van der Waals surface area (Å²) in [6.45, 7) is 6.82. The van der Waals surface area contributed by atoms with Crippen LogP contribution in [0.4, 0.5) is 0 Å². The zero-order valence-corrected chi connectivity index (χ0v) is 17.5. The van der Waals surface area contributed by atoms with Crippen molar-refractivity contribution in [2.45, 2.75) is 32.7 Å². The molecule has 0 fully saturated rings. The zero-order valence-electron chi connectivity index (χ0n) is 17.5. The molecular weight excluding hydrogens is 346 g/mol. The first-order chi connectivity index (χ1) is 13.5. The number of amides is 1. The number of fused-ring (bicyclic) bond motifs is 1. The Balaban J connectivity index is 1.97. The highest BCUT2D eigenvalue weighted by molar-refractivity contribution is 5.86. The van der Waals surface area contributed by atoms with Gasteiger partial charge in [0.2, 0.25) is 5.91 Å². The molecule has 1 heterocycles. The molecule has 0 aliphatic heterocycles. The Morgan fingerprint density at radius 2 is 1.93 bits per heavy atom. The van der Waals surface area contributed by atoms with Gasteiger partial charge in [-0.15, -0.1) is 0 Å². The maximum atomic E-state index is 12.8. The molecule has 0 radical (unpaired) electrons. The van der Waals surface area contributed by atoms with Crippen molar-refractivity contribution in [2.24, 2.45) is 0 Å². The van der Waals surface area contributed by atoms with E-state index in [-0.39, 0.29) is 11.8 Å². The minimum atomic E-state index is 0.0457. The summed E-state index contributed by atoms with van der Waals surface area (Å²) >= 11 is 0. The summed E-state index contributed by atoms with van der Waals surface area (Å²) in [5.74, 6) is 0.158. The van der Waals surface area contributed by atoms with Crippen LogP contribution in [0.2, 0.25) is 0 Å². The van der Waals surface area contributed by atoms with Crippen LogP contribution in [0, 0.1) is 6.92 Å². The third kappa shape index (κ3) is 4.63. The maximum Gasteiger partial charge on any atom is 0.221 e. The molecule has 28 heavy (non-hydrogen) atoms. The van der Waals surface area contributed by atoms with Crippen molar-refractivity contribution in [3.05, 3.63) is 71.4 Å². The van der Waals surface area contributed by atoms with Crippen LogP contribution in [0.3, 0.4) is 0 Å². The van der Waals surface area contributed by atoms with Gasteiger partial charge in [0.25, 0.3) is 0 Å². The second kappa shape index (κ2) is 9.07. The van der Waals surface area contributed by atoms with Crippen LogP contribution in [0.25, 0.3) is 10.9 Å². The second-order valence-electron chi connectivity index (χ2n) is 7.87. The zero-order chi connectivity index (χ0) is 20.1. The number of nitrogens with one attached hydrogen (secondary N) is 2. The fraction of sp³-hybridized carbons (Fsp3) is 0.375. The Morgan fingerprint density at radius 3 is 2.64 bits per heavy atom. The lowest BCUT2D eigenvalue weighted by Crippen LogP contribution is -3.06. The number of hydrogen-bond donors (Lipinski definition) is 2. The van der Waals surface area contributed by atoms with Gasteiger partial charge in [0.15, 0.2) is 0 Å². The molecule has 1 aromatic heterocycles.